The Hall–Kier alpha value is -2.28. The second-order valence-electron chi connectivity index (χ2n) is 4.99. The van der Waals surface area contributed by atoms with Crippen molar-refractivity contribution in [3.05, 3.63) is 34.9 Å². The molecule has 26 heavy (non-hydrogen) atoms. The van der Waals surface area contributed by atoms with Gasteiger partial charge in [-0.15, -0.1) is 0 Å². The van der Waals surface area contributed by atoms with Gasteiger partial charge in [-0.25, -0.2) is 23.3 Å². The number of ether oxygens (including phenoxy) is 1. The van der Waals surface area contributed by atoms with Crippen molar-refractivity contribution >= 4 is 49.4 Å². The Morgan fingerprint density at radius 3 is 2.58 bits per heavy atom. The SMILES string of the molecule is COC(=O)C(CO)Nc1nc(Nc2ccc(S(N)(=O)=O)cc2)ncc1Br. The molecular weight excluding hydrogens is 430 g/mol. The molecule has 2 rings (SSSR count). The van der Waals surface area contributed by atoms with E-state index in [4.69, 9.17) is 5.14 Å². The standard InChI is InChI=1S/C14H16BrN5O5S/c1-25-13(22)11(7-21)19-12-10(15)6-17-14(20-12)18-8-2-4-9(5-3-8)26(16,23)24/h2-6,11,21H,7H2,1H3,(H2,16,23,24)(H2,17,18,19,20). The molecule has 2 aromatic rings. The van der Waals surface area contributed by atoms with Crippen LogP contribution in [0.5, 0.6) is 0 Å². The van der Waals surface area contributed by atoms with Gasteiger partial charge in [0.1, 0.15) is 11.9 Å². The number of halogens is 1. The zero-order chi connectivity index (χ0) is 19.3. The Morgan fingerprint density at radius 2 is 2.04 bits per heavy atom. The number of carbonyl (C=O) groups is 1. The number of aromatic nitrogens is 2. The first-order chi connectivity index (χ1) is 12.2. The Labute approximate surface area is 158 Å². The van der Waals surface area contributed by atoms with Crippen LogP contribution in [-0.4, -0.2) is 49.2 Å². The van der Waals surface area contributed by atoms with Crippen LogP contribution in [0.3, 0.4) is 0 Å². The molecule has 0 spiro atoms. The number of methoxy groups -OCH3 is 1. The number of nitrogens with one attached hydrogen (secondary N) is 2. The summed E-state index contributed by atoms with van der Waals surface area (Å²) in [4.78, 5) is 19.8. The van der Waals surface area contributed by atoms with Crippen molar-refractivity contribution in [3.63, 3.8) is 0 Å². The monoisotopic (exact) mass is 445 g/mol. The van der Waals surface area contributed by atoms with E-state index in [2.05, 4.69) is 41.3 Å². The number of nitrogens with two attached hydrogens (primary N) is 1. The fraction of sp³-hybridized carbons (Fsp3) is 0.214. The number of esters is 1. The van der Waals surface area contributed by atoms with E-state index in [1.54, 1.807) is 0 Å². The second kappa shape index (κ2) is 8.40. The molecule has 0 radical (unpaired) electrons. The average Bonchev–Trinajstić information content (AvgIpc) is 2.61. The minimum Gasteiger partial charge on any atom is -0.467 e. The van der Waals surface area contributed by atoms with Crippen LogP contribution in [0.15, 0.2) is 39.8 Å². The number of hydrogen-bond acceptors (Lipinski definition) is 9. The van der Waals surface area contributed by atoms with Crippen molar-refractivity contribution in [2.75, 3.05) is 24.4 Å². The van der Waals surface area contributed by atoms with Gasteiger partial charge in [0.15, 0.2) is 0 Å². The van der Waals surface area contributed by atoms with Crippen molar-refractivity contribution in [1.82, 2.24) is 9.97 Å². The Kier molecular flexibility index (Phi) is 6.47. The number of benzene rings is 1. The van der Waals surface area contributed by atoms with Crippen LogP contribution in [-0.2, 0) is 19.6 Å². The highest BCUT2D eigenvalue weighted by molar-refractivity contribution is 9.10. The van der Waals surface area contributed by atoms with Gasteiger partial charge in [0.25, 0.3) is 0 Å². The van der Waals surface area contributed by atoms with Crippen molar-refractivity contribution < 1.29 is 23.1 Å². The first-order valence-corrected chi connectivity index (χ1v) is 9.46. The van der Waals surface area contributed by atoms with E-state index < -0.39 is 28.6 Å². The van der Waals surface area contributed by atoms with E-state index in [0.717, 1.165) is 0 Å². The first-order valence-electron chi connectivity index (χ1n) is 7.12. The molecule has 140 valence electrons. The van der Waals surface area contributed by atoms with Gasteiger partial charge in [0.2, 0.25) is 16.0 Å². The minimum absolute atomic E-state index is 0.0222. The molecule has 0 amide bonds. The highest BCUT2D eigenvalue weighted by atomic mass is 79.9. The first kappa shape index (κ1) is 20.0. The second-order valence-corrected chi connectivity index (χ2v) is 7.40. The Bertz CT molecular complexity index is 891. The van der Waals surface area contributed by atoms with E-state index in [1.165, 1.54) is 37.6 Å². The molecule has 0 fully saturated rings. The molecule has 0 saturated carbocycles. The van der Waals surface area contributed by atoms with E-state index in [9.17, 15) is 18.3 Å². The summed E-state index contributed by atoms with van der Waals surface area (Å²) in [7, 11) is -2.57. The Morgan fingerprint density at radius 1 is 1.38 bits per heavy atom. The van der Waals surface area contributed by atoms with E-state index in [1.807, 2.05) is 0 Å². The lowest BCUT2D eigenvalue weighted by Gasteiger charge is -2.16. The fourth-order valence-corrected chi connectivity index (χ4v) is 2.69. The summed E-state index contributed by atoms with van der Waals surface area (Å²) in [5.41, 5.74) is 0.525. The van der Waals surface area contributed by atoms with E-state index in [-0.39, 0.29) is 16.7 Å². The molecule has 12 heteroatoms. The highest BCUT2D eigenvalue weighted by Gasteiger charge is 2.20. The zero-order valence-corrected chi connectivity index (χ0v) is 15.9. The third-order valence-corrected chi connectivity index (χ3v) is 4.67. The highest BCUT2D eigenvalue weighted by Crippen LogP contribution is 2.23. The van der Waals surface area contributed by atoms with Crippen LogP contribution >= 0.6 is 15.9 Å². The molecule has 10 nitrogen and oxygen atoms in total. The molecule has 1 aromatic heterocycles. The molecule has 1 aromatic carbocycles. The molecule has 1 unspecified atom stereocenters. The summed E-state index contributed by atoms with van der Waals surface area (Å²) in [6.07, 6.45) is 1.45. The third-order valence-electron chi connectivity index (χ3n) is 3.16. The van der Waals surface area contributed by atoms with Gasteiger partial charge >= 0.3 is 5.97 Å². The summed E-state index contributed by atoms with van der Waals surface area (Å²) in [5.74, 6) is -0.208. The number of aliphatic hydroxyl groups excluding tert-OH is 1. The lowest BCUT2D eigenvalue weighted by atomic mass is 10.3. The maximum atomic E-state index is 11.6. The molecule has 0 aliphatic rings. The van der Waals surface area contributed by atoms with Gasteiger partial charge in [-0.1, -0.05) is 0 Å². The van der Waals surface area contributed by atoms with E-state index >= 15 is 0 Å². The molecule has 1 heterocycles. The lowest BCUT2D eigenvalue weighted by molar-refractivity contribution is -0.142. The van der Waals surface area contributed by atoms with Gasteiger partial charge in [-0.05, 0) is 40.2 Å². The predicted octanol–water partition coefficient (Wildman–Crippen LogP) is 0.576. The van der Waals surface area contributed by atoms with Gasteiger partial charge in [0, 0.05) is 11.9 Å². The predicted molar refractivity (Wildman–Crippen MR) is 97.3 cm³/mol. The quantitative estimate of drug-likeness (QED) is 0.447. The van der Waals surface area contributed by atoms with Crippen molar-refractivity contribution in [1.29, 1.82) is 0 Å². The number of aliphatic hydroxyl groups is 1. The van der Waals surface area contributed by atoms with Crippen LogP contribution < -0.4 is 15.8 Å². The molecule has 5 N–H and O–H groups in total. The molecule has 0 aliphatic carbocycles. The number of sulfonamides is 1. The summed E-state index contributed by atoms with van der Waals surface area (Å²) < 4.78 is 27.6. The maximum Gasteiger partial charge on any atom is 0.330 e. The number of carbonyl (C=O) groups excluding carboxylic acids is 1. The Balaban J connectivity index is 2.20. The summed E-state index contributed by atoms with van der Waals surface area (Å²) in [6.45, 7) is -0.485. The topological polar surface area (TPSA) is 157 Å². The molecule has 1 atom stereocenters. The summed E-state index contributed by atoms with van der Waals surface area (Å²) in [5, 5.41) is 20.0. The number of nitrogens with zero attached hydrogens (tertiary/aromatic N) is 2. The lowest BCUT2D eigenvalue weighted by Crippen LogP contribution is -2.34. The maximum absolute atomic E-state index is 11.6. The van der Waals surface area contributed by atoms with Gasteiger partial charge in [-0.2, -0.15) is 4.98 Å². The van der Waals surface area contributed by atoms with Gasteiger partial charge in [0.05, 0.1) is 23.1 Å². The van der Waals surface area contributed by atoms with Gasteiger partial charge in [-0.3, -0.25) is 0 Å². The largest absolute Gasteiger partial charge is 0.467 e. The zero-order valence-electron chi connectivity index (χ0n) is 13.5. The fourth-order valence-electron chi connectivity index (χ4n) is 1.87. The smallest absolute Gasteiger partial charge is 0.330 e. The van der Waals surface area contributed by atoms with Crippen molar-refractivity contribution in [3.8, 4) is 0 Å². The van der Waals surface area contributed by atoms with Gasteiger partial charge < -0.3 is 20.5 Å². The summed E-state index contributed by atoms with van der Waals surface area (Å²) >= 11 is 3.25. The van der Waals surface area contributed by atoms with Crippen molar-refractivity contribution in [2.24, 2.45) is 5.14 Å². The number of hydrogen-bond donors (Lipinski definition) is 4. The summed E-state index contributed by atoms with van der Waals surface area (Å²) in [6, 6.07) is 4.70. The number of rotatable bonds is 7. The minimum atomic E-state index is -3.77. The van der Waals surface area contributed by atoms with Crippen LogP contribution in [0.4, 0.5) is 17.5 Å². The van der Waals surface area contributed by atoms with Crippen LogP contribution in [0.25, 0.3) is 0 Å². The van der Waals surface area contributed by atoms with Crippen LogP contribution in [0, 0.1) is 0 Å². The van der Waals surface area contributed by atoms with Crippen LogP contribution in [0.2, 0.25) is 0 Å². The molecule has 0 saturated heterocycles. The van der Waals surface area contributed by atoms with E-state index in [0.29, 0.717) is 10.2 Å². The average molecular weight is 446 g/mol. The number of anilines is 3. The molecular formula is C14H16BrN5O5S. The molecule has 0 aliphatic heterocycles. The number of primary sulfonamides is 1. The molecule has 0 bridgehead atoms. The third kappa shape index (κ3) is 5.11. The van der Waals surface area contributed by atoms with Crippen LogP contribution in [0.1, 0.15) is 0 Å². The van der Waals surface area contributed by atoms with Crippen molar-refractivity contribution in [2.45, 2.75) is 10.9 Å². The normalized spacial score (nSPS) is 12.3.